The number of benzene rings is 1. The molecule has 2 unspecified atom stereocenters. The van der Waals surface area contributed by atoms with Crippen LogP contribution in [0.1, 0.15) is 46.0 Å². The maximum absolute atomic E-state index is 13.2. The summed E-state index contributed by atoms with van der Waals surface area (Å²) in [5.74, 6) is -1.25. The first-order valence-electron chi connectivity index (χ1n) is 8.04. The van der Waals surface area contributed by atoms with E-state index in [1.165, 1.54) is 6.07 Å². The maximum Gasteiger partial charge on any atom is 0.322 e. The van der Waals surface area contributed by atoms with Crippen molar-refractivity contribution in [3.63, 3.8) is 0 Å². The average molecular weight is 310 g/mol. The molecule has 3 nitrogen and oxygen atoms in total. The number of hydrogen-bond acceptors (Lipinski definition) is 1. The van der Waals surface area contributed by atoms with Crippen LogP contribution in [0.15, 0.2) is 18.2 Å². The van der Waals surface area contributed by atoms with Crippen molar-refractivity contribution in [3.05, 3.63) is 29.8 Å². The molecule has 2 amide bonds. The largest absolute Gasteiger partial charge is 0.322 e. The summed E-state index contributed by atoms with van der Waals surface area (Å²) in [6, 6.07) is 3.42. The Kier molecular flexibility index (Phi) is 5.75. The number of nitrogens with one attached hydrogen (secondary N) is 1. The van der Waals surface area contributed by atoms with Gasteiger partial charge in [-0.05, 0) is 43.7 Å². The van der Waals surface area contributed by atoms with Crippen LogP contribution in [-0.2, 0) is 0 Å². The second-order valence-electron chi connectivity index (χ2n) is 6.17. The summed E-state index contributed by atoms with van der Waals surface area (Å²) >= 11 is 0. The first kappa shape index (κ1) is 16.7. The molecule has 0 aliphatic carbocycles. The predicted molar refractivity (Wildman–Crippen MR) is 83.8 cm³/mol. The quantitative estimate of drug-likeness (QED) is 0.855. The number of anilines is 1. The summed E-state index contributed by atoms with van der Waals surface area (Å²) in [5.41, 5.74) is 0.288. The van der Waals surface area contributed by atoms with E-state index in [2.05, 4.69) is 19.2 Å². The topological polar surface area (TPSA) is 32.3 Å². The highest BCUT2D eigenvalue weighted by Gasteiger charge is 2.27. The molecular formula is C17H24F2N2O. The molecule has 122 valence electrons. The number of likely N-dealkylation sites (tertiary alicyclic amines) is 1. The van der Waals surface area contributed by atoms with E-state index in [0.717, 1.165) is 44.2 Å². The summed E-state index contributed by atoms with van der Waals surface area (Å²) in [5, 5.41) is 2.69. The molecule has 0 spiro atoms. The van der Waals surface area contributed by atoms with E-state index < -0.39 is 11.6 Å². The van der Waals surface area contributed by atoms with Gasteiger partial charge in [0.2, 0.25) is 0 Å². The Morgan fingerprint density at radius 2 is 2.05 bits per heavy atom. The van der Waals surface area contributed by atoms with Gasteiger partial charge in [0.25, 0.3) is 0 Å². The molecule has 1 saturated heterocycles. The lowest BCUT2D eigenvalue weighted by Gasteiger charge is -2.30. The summed E-state index contributed by atoms with van der Waals surface area (Å²) in [4.78, 5) is 14.4. The van der Waals surface area contributed by atoms with Crippen LogP contribution in [0.2, 0.25) is 0 Å². The Hall–Kier alpha value is -1.65. The molecule has 1 aromatic rings. The predicted octanol–water partition coefficient (Wildman–Crippen LogP) is 4.79. The summed E-state index contributed by atoms with van der Waals surface area (Å²) in [6.07, 6.45) is 5.09. The Morgan fingerprint density at radius 3 is 2.73 bits per heavy atom. The zero-order chi connectivity index (χ0) is 16.1. The average Bonchev–Trinajstić information content (AvgIpc) is 2.66. The van der Waals surface area contributed by atoms with E-state index in [4.69, 9.17) is 0 Å². The molecule has 0 radical (unpaired) electrons. The van der Waals surface area contributed by atoms with Crippen molar-refractivity contribution in [3.8, 4) is 0 Å². The minimum Gasteiger partial charge on any atom is -0.322 e. The van der Waals surface area contributed by atoms with Crippen LogP contribution >= 0.6 is 0 Å². The van der Waals surface area contributed by atoms with Crippen molar-refractivity contribution >= 4 is 11.7 Å². The van der Waals surface area contributed by atoms with Crippen molar-refractivity contribution in [1.29, 1.82) is 0 Å². The van der Waals surface area contributed by atoms with Crippen molar-refractivity contribution in [2.45, 2.75) is 52.0 Å². The van der Waals surface area contributed by atoms with Crippen LogP contribution < -0.4 is 5.32 Å². The Morgan fingerprint density at radius 1 is 1.27 bits per heavy atom. The first-order chi connectivity index (χ1) is 10.5. The molecule has 0 bridgehead atoms. The number of urea groups is 1. The second kappa shape index (κ2) is 7.56. The molecule has 2 atom stereocenters. The summed E-state index contributed by atoms with van der Waals surface area (Å²) < 4.78 is 26.2. The standard InChI is InChI=1S/C17H24F2N2O/c1-3-4-14-7-5-12(2)9-10-21(14)17(22)20-13-6-8-15(18)16(19)11-13/h6,8,11-12,14H,3-5,7,9-10H2,1-2H3,(H,20,22). The molecule has 1 aliphatic rings. The minimum atomic E-state index is -0.951. The van der Waals surface area contributed by atoms with Gasteiger partial charge in [0, 0.05) is 24.3 Å². The SMILES string of the molecule is CCCC1CCC(C)CCN1C(=O)Nc1ccc(F)c(F)c1. The van der Waals surface area contributed by atoms with Gasteiger partial charge in [0.05, 0.1) is 0 Å². The van der Waals surface area contributed by atoms with Gasteiger partial charge in [-0.25, -0.2) is 13.6 Å². The molecule has 22 heavy (non-hydrogen) atoms. The number of hydrogen-bond donors (Lipinski definition) is 1. The third-order valence-electron chi connectivity index (χ3n) is 4.35. The fourth-order valence-corrected chi connectivity index (χ4v) is 2.99. The molecule has 1 fully saturated rings. The van der Waals surface area contributed by atoms with Gasteiger partial charge in [0.1, 0.15) is 0 Å². The smallest absolute Gasteiger partial charge is 0.322 e. The first-order valence-corrected chi connectivity index (χ1v) is 8.04. The normalized spacial score (nSPS) is 22.3. The number of carbonyl (C=O) groups excluding carboxylic acids is 1. The summed E-state index contributed by atoms with van der Waals surface area (Å²) in [6.45, 7) is 5.03. The fraction of sp³-hybridized carbons (Fsp3) is 0.588. The summed E-state index contributed by atoms with van der Waals surface area (Å²) in [7, 11) is 0. The van der Waals surface area contributed by atoms with Crippen molar-refractivity contribution in [2.75, 3.05) is 11.9 Å². The van der Waals surface area contributed by atoms with Crippen molar-refractivity contribution < 1.29 is 13.6 Å². The van der Waals surface area contributed by atoms with Crippen LogP contribution in [-0.4, -0.2) is 23.5 Å². The third kappa shape index (κ3) is 4.18. The Labute approximate surface area is 130 Å². The van der Waals surface area contributed by atoms with Crippen molar-refractivity contribution in [2.24, 2.45) is 5.92 Å². The highest BCUT2D eigenvalue weighted by molar-refractivity contribution is 5.89. The number of rotatable bonds is 3. The molecular weight excluding hydrogens is 286 g/mol. The lowest BCUT2D eigenvalue weighted by molar-refractivity contribution is 0.184. The van der Waals surface area contributed by atoms with E-state index in [9.17, 15) is 13.6 Å². The lowest BCUT2D eigenvalue weighted by Crippen LogP contribution is -2.42. The van der Waals surface area contributed by atoms with Crippen LogP contribution in [0.3, 0.4) is 0 Å². The lowest BCUT2D eigenvalue weighted by atomic mass is 10.00. The molecule has 1 heterocycles. The molecule has 0 aromatic heterocycles. The molecule has 5 heteroatoms. The highest BCUT2D eigenvalue weighted by atomic mass is 19.2. The molecule has 0 saturated carbocycles. The number of nitrogens with zero attached hydrogens (tertiary/aromatic N) is 1. The second-order valence-corrected chi connectivity index (χ2v) is 6.17. The van der Waals surface area contributed by atoms with Crippen molar-refractivity contribution in [1.82, 2.24) is 4.90 Å². The van der Waals surface area contributed by atoms with E-state index >= 15 is 0 Å². The van der Waals surface area contributed by atoms with E-state index in [-0.39, 0.29) is 17.8 Å². The van der Waals surface area contributed by atoms with Crippen LogP contribution in [0.25, 0.3) is 0 Å². The van der Waals surface area contributed by atoms with Gasteiger partial charge in [-0.1, -0.05) is 20.3 Å². The third-order valence-corrected chi connectivity index (χ3v) is 4.35. The molecule has 1 N–H and O–H groups in total. The monoisotopic (exact) mass is 310 g/mol. The van der Waals surface area contributed by atoms with Gasteiger partial charge < -0.3 is 10.2 Å². The van der Waals surface area contributed by atoms with Gasteiger partial charge in [-0.2, -0.15) is 0 Å². The highest BCUT2D eigenvalue weighted by Crippen LogP contribution is 2.25. The Balaban J connectivity index is 2.08. The number of halogens is 2. The van der Waals surface area contributed by atoms with Gasteiger partial charge in [-0.3, -0.25) is 0 Å². The van der Waals surface area contributed by atoms with Gasteiger partial charge >= 0.3 is 6.03 Å². The van der Waals surface area contributed by atoms with Crippen LogP contribution in [0, 0.1) is 17.6 Å². The van der Waals surface area contributed by atoms with Gasteiger partial charge in [0.15, 0.2) is 11.6 Å². The maximum atomic E-state index is 13.2. The van der Waals surface area contributed by atoms with E-state index in [0.29, 0.717) is 12.5 Å². The zero-order valence-corrected chi connectivity index (χ0v) is 13.2. The molecule has 1 aliphatic heterocycles. The minimum absolute atomic E-state index is 0.222. The van der Waals surface area contributed by atoms with Gasteiger partial charge in [-0.15, -0.1) is 0 Å². The van der Waals surface area contributed by atoms with Crippen LogP contribution in [0.4, 0.5) is 19.3 Å². The number of amides is 2. The van der Waals surface area contributed by atoms with E-state index in [1.807, 2.05) is 4.90 Å². The number of carbonyl (C=O) groups is 1. The Bertz CT molecular complexity index is 521. The van der Waals surface area contributed by atoms with E-state index in [1.54, 1.807) is 0 Å². The zero-order valence-electron chi connectivity index (χ0n) is 13.2. The van der Waals surface area contributed by atoms with Crippen LogP contribution in [0.5, 0.6) is 0 Å². The fourth-order valence-electron chi connectivity index (χ4n) is 2.99. The molecule has 1 aromatic carbocycles. The molecule has 2 rings (SSSR count).